The van der Waals surface area contributed by atoms with Gasteiger partial charge in [-0.15, -0.1) is 0 Å². The van der Waals surface area contributed by atoms with Gasteiger partial charge in [0.15, 0.2) is 0 Å². The largest absolute Gasteiger partial charge is 0.394 e. The first kappa shape index (κ1) is 21.2. The van der Waals surface area contributed by atoms with Crippen LogP contribution in [0.5, 0.6) is 0 Å². The first-order chi connectivity index (χ1) is 15.1. The summed E-state index contributed by atoms with van der Waals surface area (Å²) in [5, 5.41) is 14.2. The van der Waals surface area contributed by atoms with E-state index in [0.29, 0.717) is 11.6 Å². The molecule has 0 amide bonds. The number of benzene rings is 1. The molecule has 1 atom stereocenters. The monoisotopic (exact) mass is 460 g/mol. The lowest BCUT2D eigenvalue weighted by Gasteiger charge is -2.42. The number of hydrogen-bond donors (Lipinski definition) is 2. The van der Waals surface area contributed by atoms with Crippen molar-refractivity contribution < 1.29 is 9.32 Å². The van der Waals surface area contributed by atoms with Gasteiger partial charge < -0.3 is 15.3 Å². The van der Waals surface area contributed by atoms with Gasteiger partial charge in [-0.3, -0.25) is 4.21 Å². The highest BCUT2D eigenvalue weighted by Crippen LogP contribution is 2.39. The second-order valence-electron chi connectivity index (χ2n) is 9.01. The number of rotatable bonds is 5. The van der Waals surface area contributed by atoms with Crippen molar-refractivity contribution in [3.63, 3.8) is 0 Å². The van der Waals surface area contributed by atoms with Gasteiger partial charge in [0.2, 0.25) is 0 Å². The minimum atomic E-state index is -1.08. The molecule has 5 rings (SSSR count). The number of halogens is 1. The molecule has 0 bridgehead atoms. The summed E-state index contributed by atoms with van der Waals surface area (Å²) in [6.45, 7) is 1.97. The maximum absolute atomic E-state index is 12.8. The first-order valence-electron chi connectivity index (χ1n) is 11.3. The normalized spacial score (nSPS) is 23.2. The van der Waals surface area contributed by atoms with Gasteiger partial charge in [-0.1, -0.05) is 11.6 Å². The molecule has 8 heteroatoms. The Morgan fingerprint density at radius 2 is 1.90 bits per heavy atom. The van der Waals surface area contributed by atoms with Crippen LogP contribution in [0.3, 0.4) is 0 Å². The average Bonchev–Trinajstić information content (AvgIpc) is 2.77. The summed E-state index contributed by atoms with van der Waals surface area (Å²) in [4.78, 5) is 13.0. The molecule has 3 aliphatic rings. The van der Waals surface area contributed by atoms with E-state index in [1.807, 2.05) is 12.1 Å². The topological polar surface area (TPSA) is 78.4 Å². The minimum Gasteiger partial charge on any atom is -0.394 e. The number of anilines is 2. The summed E-state index contributed by atoms with van der Waals surface area (Å²) in [6, 6.07) is 8.01. The number of aryl methyl sites for hydroxylation is 1. The Kier molecular flexibility index (Phi) is 5.92. The summed E-state index contributed by atoms with van der Waals surface area (Å²) < 4.78 is 12.8. The molecular weight excluding hydrogens is 432 g/mol. The van der Waals surface area contributed by atoms with E-state index in [4.69, 9.17) is 21.6 Å². The van der Waals surface area contributed by atoms with Gasteiger partial charge in [-0.25, -0.2) is 9.97 Å². The summed E-state index contributed by atoms with van der Waals surface area (Å²) in [6.07, 6.45) is 6.65. The molecule has 0 unspecified atom stereocenters. The minimum absolute atomic E-state index is 0.0766. The lowest BCUT2D eigenvalue weighted by molar-refractivity contribution is 0.143. The third-order valence-corrected chi connectivity index (χ3v) is 8.77. The van der Waals surface area contributed by atoms with E-state index >= 15 is 0 Å². The molecule has 1 aromatic heterocycles. The molecule has 2 fully saturated rings. The third kappa shape index (κ3) is 4.20. The molecule has 1 saturated carbocycles. The fourth-order valence-electron chi connectivity index (χ4n) is 4.89. The molecule has 1 aromatic carbocycles. The maximum atomic E-state index is 12.8. The molecule has 1 saturated heterocycles. The Balaban J connectivity index is 1.39. The van der Waals surface area contributed by atoms with Crippen LogP contribution < -0.4 is 10.2 Å². The molecule has 2 aromatic rings. The van der Waals surface area contributed by atoms with Crippen molar-refractivity contribution >= 4 is 33.9 Å². The van der Waals surface area contributed by atoms with Crippen LogP contribution in [0.2, 0.25) is 5.02 Å². The highest BCUT2D eigenvalue weighted by atomic mass is 35.5. The molecule has 2 aliphatic heterocycles. The number of piperidine rings is 1. The van der Waals surface area contributed by atoms with Gasteiger partial charge in [-0.05, 0) is 69.2 Å². The fraction of sp³-hybridized carbons (Fsp3) is 0.565. The number of aromatic nitrogens is 2. The van der Waals surface area contributed by atoms with Gasteiger partial charge >= 0.3 is 0 Å². The van der Waals surface area contributed by atoms with Crippen LogP contribution in [0.1, 0.15) is 56.0 Å². The first-order valence-corrected chi connectivity index (χ1v) is 13.0. The number of fused-ring (bicyclic) bond motifs is 1. The van der Waals surface area contributed by atoms with E-state index in [9.17, 15) is 9.32 Å². The van der Waals surface area contributed by atoms with Crippen LogP contribution in [-0.2, 0) is 17.2 Å². The summed E-state index contributed by atoms with van der Waals surface area (Å²) in [7, 11) is -1.08. The van der Waals surface area contributed by atoms with Crippen LogP contribution in [-0.4, -0.2) is 50.3 Å². The van der Waals surface area contributed by atoms with Gasteiger partial charge in [0, 0.05) is 35.5 Å². The lowest BCUT2D eigenvalue weighted by atomic mass is 9.77. The fourth-order valence-corrected chi connectivity index (χ4v) is 6.35. The SMILES string of the molecule is O=[S@]1CCCc2nc(C3CCN(c4ccc(Cl)cc4)CC3)nc(NC3(CO)CCC3)c21. The van der Waals surface area contributed by atoms with Crippen LogP contribution in [0, 0.1) is 0 Å². The Hall–Kier alpha value is -1.70. The van der Waals surface area contributed by atoms with Gasteiger partial charge in [-0.2, -0.15) is 0 Å². The van der Waals surface area contributed by atoms with Gasteiger partial charge in [0.05, 0.1) is 28.6 Å². The summed E-state index contributed by atoms with van der Waals surface area (Å²) in [5.74, 6) is 2.52. The van der Waals surface area contributed by atoms with Crippen molar-refractivity contribution in [1.82, 2.24) is 9.97 Å². The molecular formula is C23H29ClN4O2S. The number of aliphatic hydroxyl groups excluding tert-OH is 1. The van der Waals surface area contributed by atoms with E-state index in [1.165, 1.54) is 5.69 Å². The van der Waals surface area contributed by atoms with Crippen LogP contribution in [0.15, 0.2) is 29.2 Å². The zero-order chi connectivity index (χ0) is 21.4. The van der Waals surface area contributed by atoms with E-state index in [0.717, 1.165) is 79.5 Å². The number of hydrogen-bond acceptors (Lipinski definition) is 6. The van der Waals surface area contributed by atoms with Crippen LogP contribution in [0.4, 0.5) is 11.5 Å². The second-order valence-corrected chi connectivity index (χ2v) is 11.0. The Bertz CT molecular complexity index is 967. The third-order valence-electron chi connectivity index (χ3n) is 6.97. The van der Waals surface area contributed by atoms with E-state index < -0.39 is 10.8 Å². The zero-order valence-corrected chi connectivity index (χ0v) is 19.2. The Morgan fingerprint density at radius 3 is 2.55 bits per heavy atom. The van der Waals surface area contributed by atoms with Crippen LogP contribution in [0.25, 0.3) is 0 Å². The maximum Gasteiger partial charge on any atom is 0.146 e. The molecule has 6 nitrogen and oxygen atoms in total. The predicted octanol–water partition coefficient (Wildman–Crippen LogP) is 3.89. The molecule has 31 heavy (non-hydrogen) atoms. The van der Waals surface area contributed by atoms with Crippen molar-refractivity contribution in [3.05, 3.63) is 40.8 Å². The van der Waals surface area contributed by atoms with E-state index in [2.05, 4.69) is 22.3 Å². The van der Waals surface area contributed by atoms with E-state index in [-0.39, 0.29) is 18.1 Å². The molecule has 0 radical (unpaired) electrons. The number of nitrogens with one attached hydrogen (secondary N) is 1. The number of aliphatic hydroxyl groups is 1. The predicted molar refractivity (Wildman–Crippen MR) is 125 cm³/mol. The molecule has 0 spiro atoms. The Morgan fingerprint density at radius 1 is 1.16 bits per heavy atom. The molecule has 2 N–H and O–H groups in total. The Labute approximate surface area is 190 Å². The summed E-state index contributed by atoms with van der Waals surface area (Å²) in [5.41, 5.74) is 1.81. The van der Waals surface area contributed by atoms with Crippen molar-refractivity contribution in [1.29, 1.82) is 0 Å². The lowest BCUT2D eigenvalue weighted by Crippen LogP contribution is -2.49. The van der Waals surface area contributed by atoms with Crippen LogP contribution >= 0.6 is 11.6 Å². The summed E-state index contributed by atoms with van der Waals surface area (Å²) >= 11 is 6.03. The van der Waals surface area contributed by atoms with Crippen molar-refractivity contribution in [2.45, 2.75) is 61.3 Å². The molecule has 166 valence electrons. The van der Waals surface area contributed by atoms with E-state index in [1.54, 1.807) is 0 Å². The van der Waals surface area contributed by atoms with Crippen molar-refractivity contribution in [2.24, 2.45) is 0 Å². The smallest absolute Gasteiger partial charge is 0.146 e. The highest BCUT2D eigenvalue weighted by Gasteiger charge is 2.38. The zero-order valence-electron chi connectivity index (χ0n) is 17.6. The van der Waals surface area contributed by atoms with Crippen molar-refractivity contribution in [2.75, 3.05) is 35.7 Å². The average molecular weight is 461 g/mol. The quantitative estimate of drug-likeness (QED) is 0.704. The van der Waals surface area contributed by atoms with Crippen molar-refractivity contribution in [3.8, 4) is 0 Å². The highest BCUT2D eigenvalue weighted by molar-refractivity contribution is 7.85. The molecule has 1 aliphatic carbocycles. The standard InChI is InChI=1S/C23H29ClN4O2S/c24-17-4-6-18(7-5-17)28-12-8-16(9-13-28)21-25-19-3-1-14-31(30)20(19)22(26-21)27-23(15-29)10-2-11-23/h4-7,16,29H,1-3,8-15H2,(H,25,26,27)/t31-/m0/s1. The number of nitrogens with zero attached hydrogens (tertiary/aromatic N) is 3. The van der Waals surface area contributed by atoms with Gasteiger partial charge in [0.1, 0.15) is 16.5 Å². The molecule has 3 heterocycles. The van der Waals surface area contributed by atoms with Gasteiger partial charge in [0.25, 0.3) is 0 Å². The second kappa shape index (κ2) is 8.68.